The van der Waals surface area contributed by atoms with Crippen molar-refractivity contribution >= 4 is 11.9 Å². The number of carboxylic acids is 1. The van der Waals surface area contributed by atoms with Crippen LogP contribution in [0.25, 0.3) is 0 Å². The summed E-state index contributed by atoms with van der Waals surface area (Å²) in [6, 6.07) is 0.0763. The first-order valence-corrected chi connectivity index (χ1v) is 6.93. The molecule has 0 saturated carbocycles. The average Bonchev–Trinajstić information content (AvgIpc) is 2.79. The molecule has 1 unspecified atom stereocenters. The van der Waals surface area contributed by atoms with E-state index in [4.69, 9.17) is 9.84 Å². The molecule has 0 aliphatic rings. The number of aromatic carboxylic acids is 1. The first-order chi connectivity index (χ1) is 9.99. The quantitative estimate of drug-likeness (QED) is 0.686. The van der Waals surface area contributed by atoms with Gasteiger partial charge in [-0.1, -0.05) is 18.6 Å². The summed E-state index contributed by atoms with van der Waals surface area (Å²) in [6.45, 7) is 4.26. The summed E-state index contributed by atoms with van der Waals surface area (Å²) in [4.78, 5) is 23.0. The second kappa shape index (κ2) is 8.35. The fourth-order valence-corrected chi connectivity index (χ4v) is 2.03. The van der Waals surface area contributed by atoms with Crippen LogP contribution in [0.5, 0.6) is 0 Å². The lowest BCUT2D eigenvalue weighted by molar-refractivity contribution is -0.122. The van der Waals surface area contributed by atoms with Crippen LogP contribution >= 0.6 is 0 Å². The van der Waals surface area contributed by atoms with E-state index in [1.807, 2.05) is 13.8 Å². The molecule has 1 aromatic rings. The second-order valence-corrected chi connectivity index (χ2v) is 4.85. The molecule has 1 atom stereocenters. The van der Waals surface area contributed by atoms with Crippen molar-refractivity contribution in [3.63, 3.8) is 0 Å². The standard InChI is InChI=1S/C13H22N4O4/c1-4-5-9(2)14-11(18)8-17-10(6-7-21-3)12(13(19)20)15-16-17/h9H,4-8H2,1-3H3,(H,14,18)(H,19,20). The summed E-state index contributed by atoms with van der Waals surface area (Å²) in [5.41, 5.74) is 0.254. The third-order valence-electron chi connectivity index (χ3n) is 3.01. The van der Waals surface area contributed by atoms with Gasteiger partial charge in [-0.05, 0) is 13.3 Å². The molecule has 8 heteroatoms. The monoisotopic (exact) mass is 298 g/mol. The van der Waals surface area contributed by atoms with E-state index in [-0.39, 0.29) is 24.2 Å². The van der Waals surface area contributed by atoms with E-state index in [1.165, 1.54) is 11.8 Å². The summed E-state index contributed by atoms with van der Waals surface area (Å²) in [5.74, 6) is -1.37. The Morgan fingerprint density at radius 3 is 2.76 bits per heavy atom. The van der Waals surface area contributed by atoms with Crippen molar-refractivity contribution in [1.29, 1.82) is 0 Å². The summed E-state index contributed by atoms with van der Waals surface area (Å²) in [7, 11) is 1.52. The molecule has 0 radical (unpaired) electrons. The van der Waals surface area contributed by atoms with Crippen molar-refractivity contribution < 1.29 is 19.4 Å². The van der Waals surface area contributed by atoms with E-state index >= 15 is 0 Å². The lowest BCUT2D eigenvalue weighted by Crippen LogP contribution is -2.35. The molecule has 118 valence electrons. The minimum absolute atomic E-state index is 0.0482. The number of methoxy groups -OCH3 is 1. The minimum atomic E-state index is -1.16. The maximum atomic E-state index is 11.9. The number of nitrogens with one attached hydrogen (secondary N) is 1. The zero-order valence-electron chi connectivity index (χ0n) is 12.6. The van der Waals surface area contributed by atoms with E-state index < -0.39 is 5.97 Å². The third-order valence-corrected chi connectivity index (χ3v) is 3.01. The molecular weight excluding hydrogens is 276 g/mol. The zero-order valence-corrected chi connectivity index (χ0v) is 12.6. The molecule has 0 fully saturated rings. The van der Waals surface area contributed by atoms with Crippen LogP contribution in [0.2, 0.25) is 0 Å². The number of ether oxygens (including phenoxy) is 1. The fraction of sp³-hybridized carbons (Fsp3) is 0.692. The van der Waals surface area contributed by atoms with Crippen LogP contribution in [0.3, 0.4) is 0 Å². The van der Waals surface area contributed by atoms with Gasteiger partial charge >= 0.3 is 5.97 Å². The summed E-state index contributed by atoms with van der Waals surface area (Å²) < 4.78 is 6.26. The summed E-state index contributed by atoms with van der Waals surface area (Å²) >= 11 is 0. The van der Waals surface area contributed by atoms with Crippen LogP contribution in [0.15, 0.2) is 0 Å². The zero-order chi connectivity index (χ0) is 15.8. The van der Waals surface area contributed by atoms with Crippen molar-refractivity contribution in [3.05, 3.63) is 11.4 Å². The van der Waals surface area contributed by atoms with Crippen molar-refractivity contribution in [2.24, 2.45) is 0 Å². The predicted molar refractivity (Wildman–Crippen MR) is 75.1 cm³/mol. The Kier molecular flexibility index (Phi) is 6.80. The van der Waals surface area contributed by atoms with Crippen LogP contribution in [-0.2, 0) is 22.5 Å². The molecule has 2 N–H and O–H groups in total. The first-order valence-electron chi connectivity index (χ1n) is 6.93. The van der Waals surface area contributed by atoms with Gasteiger partial charge in [-0.25, -0.2) is 9.48 Å². The Bertz CT molecular complexity index is 487. The van der Waals surface area contributed by atoms with Gasteiger partial charge in [0.15, 0.2) is 5.69 Å². The number of hydrogen-bond acceptors (Lipinski definition) is 5. The van der Waals surface area contributed by atoms with Gasteiger partial charge in [0.1, 0.15) is 6.54 Å². The molecule has 21 heavy (non-hydrogen) atoms. The molecule has 1 aromatic heterocycles. The average molecular weight is 298 g/mol. The Hall–Kier alpha value is -1.96. The number of amides is 1. The van der Waals surface area contributed by atoms with E-state index in [0.29, 0.717) is 18.7 Å². The van der Waals surface area contributed by atoms with Gasteiger partial charge in [0, 0.05) is 19.6 Å². The maximum Gasteiger partial charge on any atom is 0.358 e. The maximum absolute atomic E-state index is 11.9. The molecule has 0 bridgehead atoms. The van der Waals surface area contributed by atoms with Crippen LogP contribution in [0.1, 0.15) is 42.9 Å². The normalized spacial score (nSPS) is 12.1. The van der Waals surface area contributed by atoms with Crippen LogP contribution in [-0.4, -0.2) is 51.7 Å². The van der Waals surface area contributed by atoms with E-state index in [1.54, 1.807) is 0 Å². The van der Waals surface area contributed by atoms with Crippen molar-refractivity contribution in [2.75, 3.05) is 13.7 Å². The van der Waals surface area contributed by atoms with E-state index in [9.17, 15) is 9.59 Å². The highest BCUT2D eigenvalue weighted by atomic mass is 16.5. The first kappa shape index (κ1) is 17.1. The summed E-state index contributed by atoms with van der Waals surface area (Å²) in [6.07, 6.45) is 2.20. The number of rotatable bonds is 9. The minimum Gasteiger partial charge on any atom is -0.476 e. The highest BCUT2D eigenvalue weighted by Gasteiger charge is 2.20. The molecule has 0 aromatic carbocycles. The van der Waals surface area contributed by atoms with Crippen LogP contribution in [0, 0.1) is 0 Å². The van der Waals surface area contributed by atoms with E-state index in [2.05, 4.69) is 15.6 Å². The van der Waals surface area contributed by atoms with Gasteiger partial charge in [0.25, 0.3) is 0 Å². The fourth-order valence-electron chi connectivity index (χ4n) is 2.03. The Labute approximate surface area is 123 Å². The van der Waals surface area contributed by atoms with Gasteiger partial charge in [0.2, 0.25) is 5.91 Å². The molecular formula is C13H22N4O4. The number of aromatic nitrogens is 3. The number of nitrogens with zero attached hydrogens (tertiary/aromatic N) is 3. The SMILES string of the molecule is CCCC(C)NC(=O)Cn1nnc(C(=O)O)c1CCOC. The molecule has 0 aliphatic carbocycles. The smallest absolute Gasteiger partial charge is 0.358 e. The largest absolute Gasteiger partial charge is 0.476 e. The van der Waals surface area contributed by atoms with Gasteiger partial charge in [-0.2, -0.15) is 0 Å². The molecule has 0 spiro atoms. The highest BCUT2D eigenvalue weighted by molar-refractivity contribution is 5.86. The lowest BCUT2D eigenvalue weighted by Gasteiger charge is -2.13. The summed E-state index contributed by atoms with van der Waals surface area (Å²) in [5, 5.41) is 19.3. The lowest BCUT2D eigenvalue weighted by atomic mass is 10.2. The molecule has 1 heterocycles. The molecule has 0 aliphatic heterocycles. The van der Waals surface area contributed by atoms with Gasteiger partial charge in [-0.15, -0.1) is 5.10 Å². The Balaban J connectivity index is 2.77. The molecule has 8 nitrogen and oxygen atoms in total. The number of carboxylic acid groups (broad SMARTS) is 1. The van der Waals surface area contributed by atoms with Gasteiger partial charge in [0.05, 0.1) is 12.3 Å². The van der Waals surface area contributed by atoms with E-state index in [0.717, 1.165) is 12.8 Å². The van der Waals surface area contributed by atoms with Gasteiger partial charge in [-0.3, -0.25) is 4.79 Å². The Morgan fingerprint density at radius 2 is 2.19 bits per heavy atom. The predicted octanol–water partition coefficient (Wildman–Crippen LogP) is 0.470. The third kappa shape index (κ3) is 5.14. The number of carbonyl (C=O) groups is 2. The van der Waals surface area contributed by atoms with Gasteiger partial charge < -0.3 is 15.2 Å². The number of hydrogen-bond donors (Lipinski definition) is 2. The Morgan fingerprint density at radius 1 is 1.48 bits per heavy atom. The molecule has 1 rings (SSSR count). The second-order valence-electron chi connectivity index (χ2n) is 4.85. The molecule has 1 amide bonds. The van der Waals surface area contributed by atoms with Crippen molar-refractivity contribution in [3.8, 4) is 0 Å². The van der Waals surface area contributed by atoms with Crippen LogP contribution < -0.4 is 5.32 Å². The van der Waals surface area contributed by atoms with Crippen LogP contribution in [0.4, 0.5) is 0 Å². The van der Waals surface area contributed by atoms with Crippen molar-refractivity contribution in [2.45, 2.75) is 45.7 Å². The topological polar surface area (TPSA) is 106 Å². The highest BCUT2D eigenvalue weighted by Crippen LogP contribution is 2.07. The van der Waals surface area contributed by atoms with Crippen molar-refractivity contribution in [1.82, 2.24) is 20.3 Å². The molecule has 0 saturated heterocycles. The number of carbonyl (C=O) groups excluding carboxylic acids is 1.